The van der Waals surface area contributed by atoms with Crippen molar-refractivity contribution in [3.8, 4) is 0 Å². The zero-order valence-corrected chi connectivity index (χ0v) is 9.77. The number of aromatic nitrogens is 1. The maximum absolute atomic E-state index is 12.0. The third-order valence-electron chi connectivity index (χ3n) is 2.79. The van der Waals surface area contributed by atoms with Gasteiger partial charge in [0.05, 0.1) is 5.56 Å². The predicted octanol–water partition coefficient (Wildman–Crippen LogP) is -0.624. The van der Waals surface area contributed by atoms with Gasteiger partial charge >= 0.3 is 0 Å². The highest BCUT2D eigenvalue weighted by atomic mass is 16.2. The highest BCUT2D eigenvalue weighted by molar-refractivity contribution is 5.98. The highest BCUT2D eigenvalue weighted by Crippen LogP contribution is 2.11. The highest BCUT2D eigenvalue weighted by Gasteiger charge is 2.21. The van der Waals surface area contributed by atoms with E-state index in [2.05, 4.69) is 21.0 Å². The summed E-state index contributed by atoms with van der Waals surface area (Å²) in [6.45, 7) is 0.455. The lowest BCUT2D eigenvalue weighted by Crippen LogP contribution is -2.47. The van der Waals surface area contributed by atoms with Gasteiger partial charge in [0.15, 0.2) is 5.82 Å². The Morgan fingerprint density at radius 2 is 2.39 bits per heavy atom. The molecule has 0 radical (unpaired) electrons. The Morgan fingerprint density at radius 3 is 3.06 bits per heavy atom. The zero-order valence-electron chi connectivity index (χ0n) is 9.77. The number of nitrogen functional groups attached to an aromatic ring is 1. The number of carbonyl (C=O) groups is 2. The molecule has 7 heteroatoms. The molecule has 18 heavy (non-hydrogen) atoms. The third-order valence-corrected chi connectivity index (χ3v) is 2.79. The molecule has 96 valence electrons. The van der Waals surface area contributed by atoms with Crippen molar-refractivity contribution in [3.63, 3.8) is 0 Å². The molecule has 7 nitrogen and oxygen atoms in total. The van der Waals surface area contributed by atoms with Gasteiger partial charge in [-0.1, -0.05) is 0 Å². The van der Waals surface area contributed by atoms with Crippen molar-refractivity contribution < 1.29 is 9.59 Å². The average Bonchev–Trinajstić information content (AvgIpc) is 2.41. The molecule has 2 heterocycles. The molecule has 0 aliphatic carbocycles. The molecule has 5 N–H and O–H groups in total. The second-order valence-corrected chi connectivity index (χ2v) is 4.06. The van der Waals surface area contributed by atoms with Crippen LogP contribution < -0.4 is 21.9 Å². The van der Waals surface area contributed by atoms with Crippen LogP contribution in [0.25, 0.3) is 0 Å². The molecule has 1 saturated heterocycles. The van der Waals surface area contributed by atoms with E-state index in [0.29, 0.717) is 30.8 Å². The molecular formula is C11H15N5O2. The quantitative estimate of drug-likeness (QED) is 0.421. The minimum absolute atomic E-state index is 0.0196. The molecule has 0 aromatic carbocycles. The lowest BCUT2D eigenvalue weighted by molar-refractivity contribution is -0.122. The zero-order chi connectivity index (χ0) is 13.0. The van der Waals surface area contributed by atoms with E-state index < -0.39 is 0 Å². The maximum Gasteiger partial charge on any atom is 0.255 e. The minimum atomic E-state index is -0.253. The fourth-order valence-corrected chi connectivity index (χ4v) is 1.82. The first-order chi connectivity index (χ1) is 8.70. The Bertz CT molecular complexity index is 453. The van der Waals surface area contributed by atoms with E-state index in [9.17, 15) is 9.59 Å². The molecule has 1 fully saturated rings. The van der Waals surface area contributed by atoms with E-state index in [4.69, 9.17) is 5.84 Å². The Kier molecular flexibility index (Phi) is 3.73. The number of amides is 2. The molecule has 2 amide bonds. The molecule has 1 aliphatic heterocycles. The van der Waals surface area contributed by atoms with E-state index >= 15 is 0 Å². The van der Waals surface area contributed by atoms with Crippen molar-refractivity contribution in [2.45, 2.75) is 18.9 Å². The largest absolute Gasteiger partial charge is 0.354 e. The van der Waals surface area contributed by atoms with Gasteiger partial charge in [0, 0.05) is 25.2 Å². The number of nitrogens with one attached hydrogen (secondary N) is 3. The van der Waals surface area contributed by atoms with Crippen LogP contribution >= 0.6 is 0 Å². The van der Waals surface area contributed by atoms with Crippen LogP contribution in [-0.4, -0.2) is 29.4 Å². The number of carbonyl (C=O) groups excluding carboxylic acids is 2. The molecule has 1 unspecified atom stereocenters. The van der Waals surface area contributed by atoms with Gasteiger partial charge in [-0.15, -0.1) is 0 Å². The summed E-state index contributed by atoms with van der Waals surface area (Å²) >= 11 is 0. The molecule has 2 rings (SSSR count). The third kappa shape index (κ3) is 2.75. The molecule has 1 aliphatic rings. The average molecular weight is 249 g/mol. The van der Waals surface area contributed by atoms with Crippen LogP contribution in [-0.2, 0) is 4.79 Å². The van der Waals surface area contributed by atoms with E-state index in [0.717, 1.165) is 0 Å². The lowest BCUT2D eigenvalue weighted by Gasteiger charge is -2.23. The molecular weight excluding hydrogens is 234 g/mol. The van der Waals surface area contributed by atoms with Crippen LogP contribution in [0, 0.1) is 0 Å². The SMILES string of the molecule is NNc1ncccc1C(=O)NC1CCC(=O)NC1. The first kappa shape index (κ1) is 12.3. The van der Waals surface area contributed by atoms with E-state index in [-0.39, 0.29) is 17.9 Å². The van der Waals surface area contributed by atoms with Gasteiger partial charge < -0.3 is 16.1 Å². The van der Waals surface area contributed by atoms with Crippen molar-refractivity contribution >= 4 is 17.6 Å². The molecule has 0 saturated carbocycles. The van der Waals surface area contributed by atoms with Gasteiger partial charge in [-0.3, -0.25) is 9.59 Å². The van der Waals surface area contributed by atoms with Crippen molar-refractivity contribution in [2.75, 3.05) is 12.0 Å². The molecule has 0 bridgehead atoms. The summed E-state index contributed by atoms with van der Waals surface area (Å²) in [5, 5.41) is 5.55. The van der Waals surface area contributed by atoms with E-state index in [1.165, 1.54) is 0 Å². The number of nitrogens with zero attached hydrogens (tertiary/aromatic N) is 1. The van der Waals surface area contributed by atoms with Gasteiger partial charge in [-0.05, 0) is 18.6 Å². The van der Waals surface area contributed by atoms with Gasteiger partial charge in [-0.2, -0.15) is 0 Å². The van der Waals surface area contributed by atoms with Crippen LogP contribution in [0.5, 0.6) is 0 Å². The fraction of sp³-hybridized carbons (Fsp3) is 0.364. The number of piperidine rings is 1. The second kappa shape index (κ2) is 5.46. The second-order valence-electron chi connectivity index (χ2n) is 4.06. The Hall–Kier alpha value is -2.15. The first-order valence-electron chi connectivity index (χ1n) is 5.70. The number of rotatable bonds is 3. The summed E-state index contributed by atoms with van der Waals surface area (Å²) in [6.07, 6.45) is 2.62. The topological polar surface area (TPSA) is 109 Å². The maximum atomic E-state index is 12.0. The summed E-state index contributed by atoms with van der Waals surface area (Å²) < 4.78 is 0. The number of nitrogens with two attached hydrogens (primary N) is 1. The predicted molar refractivity (Wildman–Crippen MR) is 65.5 cm³/mol. The van der Waals surface area contributed by atoms with Crippen LogP contribution in [0.1, 0.15) is 23.2 Å². The molecule has 1 aromatic rings. The lowest BCUT2D eigenvalue weighted by atomic mass is 10.1. The van der Waals surface area contributed by atoms with Crippen molar-refractivity contribution in [3.05, 3.63) is 23.9 Å². The molecule has 1 aromatic heterocycles. The number of hydrogen-bond donors (Lipinski definition) is 4. The number of anilines is 1. The standard InChI is InChI=1S/C11H15N5O2/c12-16-10-8(2-1-5-13-10)11(18)15-7-3-4-9(17)14-6-7/h1-2,5,7H,3-4,6,12H2,(H,13,16)(H,14,17)(H,15,18). The summed E-state index contributed by atoms with van der Waals surface area (Å²) in [5.74, 6) is 5.39. The summed E-state index contributed by atoms with van der Waals surface area (Å²) in [7, 11) is 0. The van der Waals surface area contributed by atoms with Crippen molar-refractivity contribution in [1.82, 2.24) is 15.6 Å². The molecule has 1 atom stereocenters. The number of hydrogen-bond acceptors (Lipinski definition) is 5. The first-order valence-corrected chi connectivity index (χ1v) is 5.70. The minimum Gasteiger partial charge on any atom is -0.354 e. The smallest absolute Gasteiger partial charge is 0.255 e. The van der Waals surface area contributed by atoms with Gasteiger partial charge in [0.2, 0.25) is 5.91 Å². The Morgan fingerprint density at radius 1 is 1.56 bits per heavy atom. The van der Waals surface area contributed by atoms with Gasteiger partial charge in [0.25, 0.3) is 5.91 Å². The molecule has 0 spiro atoms. The number of pyridine rings is 1. The van der Waals surface area contributed by atoms with Crippen LogP contribution in [0.3, 0.4) is 0 Å². The normalized spacial score (nSPS) is 18.9. The fourth-order valence-electron chi connectivity index (χ4n) is 1.82. The van der Waals surface area contributed by atoms with Crippen LogP contribution in [0.4, 0.5) is 5.82 Å². The Balaban J connectivity index is 2.01. The summed E-state index contributed by atoms with van der Waals surface area (Å²) in [4.78, 5) is 27.0. The van der Waals surface area contributed by atoms with Crippen molar-refractivity contribution in [2.24, 2.45) is 5.84 Å². The van der Waals surface area contributed by atoms with Crippen LogP contribution in [0.2, 0.25) is 0 Å². The summed E-state index contributed by atoms with van der Waals surface area (Å²) in [6, 6.07) is 3.25. The summed E-state index contributed by atoms with van der Waals surface area (Å²) in [5.41, 5.74) is 2.77. The van der Waals surface area contributed by atoms with Gasteiger partial charge in [0.1, 0.15) is 0 Å². The number of hydrazine groups is 1. The van der Waals surface area contributed by atoms with Crippen LogP contribution in [0.15, 0.2) is 18.3 Å². The Labute approximate surface area is 104 Å². The van der Waals surface area contributed by atoms with E-state index in [1.54, 1.807) is 18.3 Å². The van der Waals surface area contributed by atoms with E-state index in [1.807, 2.05) is 0 Å². The van der Waals surface area contributed by atoms with Gasteiger partial charge in [-0.25, -0.2) is 10.8 Å². The van der Waals surface area contributed by atoms with Crippen molar-refractivity contribution in [1.29, 1.82) is 0 Å². The monoisotopic (exact) mass is 249 g/mol.